The normalized spacial score (nSPS) is 11.5. The number of aldehydes is 1. The van der Waals surface area contributed by atoms with Crippen molar-refractivity contribution in [1.29, 1.82) is 0 Å². The molecular formula is C16H22O. The Balaban J connectivity index is 2.74. The first kappa shape index (κ1) is 13.7. The van der Waals surface area contributed by atoms with Crippen LogP contribution in [0.1, 0.15) is 50.2 Å². The fraction of sp³-hybridized carbons (Fsp3) is 0.438. The summed E-state index contributed by atoms with van der Waals surface area (Å²) in [5, 5.41) is 0. The number of carbonyl (C=O) groups is 1. The first-order chi connectivity index (χ1) is 8.27. The molecule has 0 aliphatic heterocycles. The minimum Gasteiger partial charge on any atom is -0.303 e. The maximum Gasteiger partial charge on any atom is 0.120 e. The zero-order valence-corrected chi connectivity index (χ0v) is 10.9. The number of aryl methyl sites for hydroxylation is 1. The van der Waals surface area contributed by atoms with Crippen LogP contribution >= 0.6 is 0 Å². The van der Waals surface area contributed by atoms with E-state index >= 15 is 0 Å². The van der Waals surface area contributed by atoms with Gasteiger partial charge in [-0.2, -0.15) is 0 Å². The quantitative estimate of drug-likeness (QED) is 0.496. The minimum atomic E-state index is 0.662. The maximum atomic E-state index is 10.4. The van der Waals surface area contributed by atoms with Gasteiger partial charge in [-0.3, -0.25) is 0 Å². The van der Waals surface area contributed by atoms with E-state index in [1.165, 1.54) is 23.1 Å². The Hall–Kier alpha value is -1.37. The highest BCUT2D eigenvalue weighted by Gasteiger charge is 2.01. The molecule has 92 valence electrons. The second-order valence-corrected chi connectivity index (χ2v) is 4.44. The number of unbranched alkanes of at least 4 members (excludes halogenated alkanes) is 2. The van der Waals surface area contributed by atoms with Crippen LogP contribution in [0.5, 0.6) is 0 Å². The first-order valence-electron chi connectivity index (χ1n) is 6.47. The van der Waals surface area contributed by atoms with Crippen LogP contribution in [0, 0.1) is 6.92 Å². The predicted molar refractivity (Wildman–Crippen MR) is 74.0 cm³/mol. The van der Waals surface area contributed by atoms with Crippen molar-refractivity contribution in [3.63, 3.8) is 0 Å². The van der Waals surface area contributed by atoms with Crippen LogP contribution in [0.25, 0.3) is 5.57 Å². The Morgan fingerprint density at radius 1 is 1.18 bits per heavy atom. The van der Waals surface area contributed by atoms with Crippen molar-refractivity contribution >= 4 is 11.9 Å². The zero-order chi connectivity index (χ0) is 12.5. The summed E-state index contributed by atoms with van der Waals surface area (Å²) in [5.74, 6) is 0. The van der Waals surface area contributed by atoms with E-state index in [1.807, 2.05) is 0 Å². The van der Waals surface area contributed by atoms with Gasteiger partial charge in [0.15, 0.2) is 0 Å². The Morgan fingerprint density at radius 3 is 2.47 bits per heavy atom. The van der Waals surface area contributed by atoms with Crippen LogP contribution in [0.15, 0.2) is 30.3 Å². The molecule has 0 spiro atoms. The van der Waals surface area contributed by atoms with Crippen molar-refractivity contribution in [1.82, 2.24) is 0 Å². The standard InChI is InChI=1S/C16H22O/c1-3-4-7-15(8-5-6-13-17)16-11-9-14(2)10-12-16/h7,9-13H,3-6,8H2,1-2H3/b15-7+. The van der Waals surface area contributed by atoms with E-state index in [0.717, 1.165) is 25.5 Å². The summed E-state index contributed by atoms with van der Waals surface area (Å²) >= 11 is 0. The van der Waals surface area contributed by atoms with Crippen LogP contribution in [-0.2, 0) is 4.79 Å². The molecule has 0 heterocycles. The molecular weight excluding hydrogens is 208 g/mol. The van der Waals surface area contributed by atoms with Crippen LogP contribution in [0.2, 0.25) is 0 Å². The summed E-state index contributed by atoms with van der Waals surface area (Å²) in [5.41, 5.74) is 3.97. The number of allylic oxidation sites excluding steroid dienone is 2. The van der Waals surface area contributed by atoms with Crippen LogP contribution in [0.3, 0.4) is 0 Å². The molecule has 17 heavy (non-hydrogen) atoms. The fourth-order valence-corrected chi connectivity index (χ4v) is 1.83. The topological polar surface area (TPSA) is 17.1 Å². The second kappa shape index (κ2) is 7.83. The van der Waals surface area contributed by atoms with Gasteiger partial charge in [-0.25, -0.2) is 0 Å². The predicted octanol–water partition coefficient (Wildman–Crippen LogP) is 4.55. The smallest absolute Gasteiger partial charge is 0.120 e. The number of hydrogen-bond donors (Lipinski definition) is 0. The van der Waals surface area contributed by atoms with E-state index < -0.39 is 0 Å². The summed E-state index contributed by atoms with van der Waals surface area (Å²) in [6.07, 6.45) is 8.22. The third-order valence-corrected chi connectivity index (χ3v) is 2.87. The van der Waals surface area contributed by atoms with Gasteiger partial charge in [0.1, 0.15) is 6.29 Å². The molecule has 1 aromatic carbocycles. The Kier molecular flexibility index (Phi) is 6.31. The molecule has 0 aliphatic carbocycles. The highest BCUT2D eigenvalue weighted by Crippen LogP contribution is 2.22. The molecule has 1 aromatic rings. The first-order valence-corrected chi connectivity index (χ1v) is 6.47. The second-order valence-electron chi connectivity index (χ2n) is 4.44. The molecule has 1 heteroatoms. The van der Waals surface area contributed by atoms with Crippen molar-refractivity contribution in [2.75, 3.05) is 0 Å². The highest BCUT2D eigenvalue weighted by atomic mass is 16.1. The van der Waals surface area contributed by atoms with Crippen molar-refractivity contribution in [3.8, 4) is 0 Å². The van der Waals surface area contributed by atoms with Gasteiger partial charge in [0.2, 0.25) is 0 Å². The van der Waals surface area contributed by atoms with Gasteiger partial charge in [0.25, 0.3) is 0 Å². The SMILES string of the molecule is CCC/C=C(\CCCC=O)c1ccc(C)cc1. The van der Waals surface area contributed by atoms with E-state index in [9.17, 15) is 4.79 Å². The fourth-order valence-electron chi connectivity index (χ4n) is 1.83. The lowest BCUT2D eigenvalue weighted by Gasteiger charge is -2.07. The monoisotopic (exact) mass is 230 g/mol. The van der Waals surface area contributed by atoms with Gasteiger partial charge in [-0.1, -0.05) is 49.2 Å². The minimum absolute atomic E-state index is 0.662. The van der Waals surface area contributed by atoms with E-state index in [1.54, 1.807) is 0 Å². The van der Waals surface area contributed by atoms with Gasteiger partial charge in [0, 0.05) is 6.42 Å². The lowest BCUT2D eigenvalue weighted by atomic mass is 9.98. The molecule has 0 saturated carbocycles. The van der Waals surface area contributed by atoms with Crippen LogP contribution in [0.4, 0.5) is 0 Å². The third-order valence-electron chi connectivity index (χ3n) is 2.87. The third kappa shape index (κ3) is 4.99. The number of carbonyl (C=O) groups excluding carboxylic acids is 1. The van der Waals surface area contributed by atoms with Gasteiger partial charge < -0.3 is 4.79 Å². The highest BCUT2D eigenvalue weighted by molar-refractivity contribution is 5.66. The molecule has 0 amide bonds. The average molecular weight is 230 g/mol. The summed E-state index contributed by atoms with van der Waals surface area (Å²) in [4.78, 5) is 10.4. The summed E-state index contributed by atoms with van der Waals surface area (Å²) in [6.45, 7) is 4.29. The van der Waals surface area contributed by atoms with Gasteiger partial charge in [-0.15, -0.1) is 0 Å². The van der Waals surface area contributed by atoms with Crippen molar-refractivity contribution in [3.05, 3.63) is 41.5 Å². The molecule has 0 unspecified atom stereocenters. The van der Waals surface area contributed by atoms with E-state index in [-0.39, 0.29) is 0 Å². The molecule has 0 bridgehead atoms. The lowest BCUT2D eigenvalue weighted by Crippen LogP contribution is -1.87. The summed E-state index contributed by atoms with van der Waals surface area (Å²) in [6, 6.07) is 8.65. The molecule has 0 aliphatic rings. The lowest BCUT2D eigenvalue weighted by molar-refractivity contribution is -0.107. The van der Waals surface area contributed by atoms with E-state index in [0.29, 0.717) is 6.42 Å². The molecule has 0 N–H and O–H groups in total. The van der Waals surface area contributed by atoms with E-state index in [2.05, 4.69) is 44.2 Å². The number of rotatable bonds is 7. The number of benzene rings is 1. The maximum absolute atomic E-state index is 10.4. The molecule has 0 atom stereocenters. The van der Waals surface area contributed by atoms with Gasteiger partial charge in [0.05, 0.1) is 0 Å². The molecule has 0 saturated heterocycles. The zero-order valence-electron chi connectivity index (χ0n) is 10.9. The molecule has 0 aromatic heterocycles. The molecule has 0 radical (unpaired) electrons. The van der Waals surface area contributed by atoms with Gasteiger partial charge in [-0.05, 0) is 37.3 Å². The van der Waals surface area contributed by atoms with Crippen LogP contribution in [-0.4, -0.2) is 6.29 Å². The van der Waals surface area contributed by atoms with Gasteiger partial charge >= 0.3 is 0 Å². The van der Waals surface area contributed by atoms with Crippen LogP contribution < -0.4 is 0 Å². The van der Waals surface area contributed by atoms with Crippen molar-refractivity contribution in [2.24, 2.45) is 0 Å². The summed E-state index contributed by atoms with van der Waals surface area (Å²) < 4.78 is 0. The average Bonchev–Trinajstić information content (AvgIpc) is 2.35. The largest absolute Gasteiger partial charge is 0.303 e. The molecule has 1 nitrogen and oxygen atoms in total. The molecule has 0 fully saturated rings. The van der Waals surface area contributed by atoms with E-state index in [4.69, 9.17) is 0 Å². The Labute approximate surface area is 105 Å². The van der Waals surface area contributed by atoms with Crippen molar-refractivity contribution < 1.29 is 4.79 Å². The molecule has 1 rings (SSSR count). The number of hydrogen-bond acceptors (Lipinski definition) is 1. The summed E-state index contributed by atoms with van der Waals surface area (Å²) in [7, 11) is 0. The Morgan fingerprint density at radius 2 is 1.88 bits per heavy atom. The van der Waals surface area contributed by atoms with Crippen molar-refractivity contribution in [2.45, 2.75) is 46.0 Å². The Bertz CT molecular complexity index is 360.